The van der Waals surface area contributed by atoms with Crippen molar-refractivity contribution in [2.75, 3.05) is 16.8 Å². The first-order valence-corrected chi connectivity index (χ1v) is 12.5. The van der Waals surface area contributed by atoms with Crippen LogP contribution in [0.4, 0.5) is 17.1 Å². The summed E-state index contributed by atoms with van der Waals surface area (Å²) in [4.78, 5) is 22.4. The number of para-hydroxylation sites is 2. The molecule has 34 heavy (non-hydrogen) atoms. The number of aliphatic imine (C=N–C) groups is 1. The molecule has 4 nitrogen and oxygen atoms in total. The Balaban J connectivity index is 1.46. The second-order valence-electron chi connectivity index (χ2n) is 9.61. The number of anilines is 3. The van der Waals surface area contributed by atoms with Crippen LogP contribution in [-0.4, -0.2) is 23.7 Å². The summed E-state index contributed by atoms with van der Waals surface area (Å²) in [5, 5.41) is 0.668. The van der Waals surface area contributed by atoms with Crippen LogP contribution in [0.2, 0.25) is 0 Å². The van der Waals surface area contributed by atoms with Gasteiger partial charge in [-0.25, -0.2) is 0 Å². The lowest BCUT2D eigenvalue weighted by molar-refractivity contribution is -0.113. The Hall–Kier alpha value is -3.31. The van der Waals surface area contributed by atoms with E-state index in [1.807, 2.05) is 71.6 Å². The Bertz CT molecular complexity index is 1240. The topological polar surface area (TPSA) is 35.9 Å². The summed E-state index contributed by atoms with van der Waals surface area (Å²) < 4.78 is 0. The van der Waals surface area contributed by atoms with E-state index in [9.17, 15) is 4.79 Å². The van der Waals surface area contributed by atoms with E-state index in [1.54, 1.807) is 0 Å². The number of amidine groups is 1. The fourth-order valence-electron chi connectivity index (χ4n) is 4.85. The molecule has 172 valence electrons. The van der Waals surface area contributed by atoms with Crippen LogP contribution in [0.3, 0.4) is 0 Å². The highest BCUT2D eigenvalue weighted by molar-refractivity contribution is 8.18. The number of hydrogen-bond donors (Lipinski definition) is 0. The molecule has 3 aromatic carbocycles. The molecule has 0 fully saturated rings. The van der Waals surface area contributed by atoms with Crippen molar-refractivity contribution in [1.29, 1.82) is 0 Å². The van der Waals surface area contributed by atoms with Crippen molar-refractivity contribution in [2.24, 2.45) is 4.99 Å². The van der Waals surface area contributed by atoms with Gasteiger partial charge >= 0.3 is 0 Å². The van der Waals surface area contributed by atoms with Crippen molar-refractivity contribution < 1.29 is 4.79 Å². The van der Waals surface area contributed by atoms with Gasteiger partial charge in [0.15, 0.2) is 5.17 Å². The third-order valence-corrected chi connectivity index (χ3v) is 7.75. The Morgan fingerprint density at radius 1 is 1.00 bits per heavy atom. The van der Waals surface area contributed by atoms with Gasteiger partial charge in [-0.1, -0.05) is 49.4 Å². The fraction of sp³-hybridized carbons (Fsp3) is 0.241. The Kier molecular flexibility index (Phi) is 5.82. The average Bonchev–Trinajstić information content (AvgIpc) is 3.18. The van der Waals surface area contributed by atoms with Crippen molar-refractivity contribution in [3.05, 3.63) is 94.9 Å². The Labute approximate surface area is 206 Å². The number of hydrogen-bond acceptors (Lipinski definition) is 4. The second-order valence-corrected chi connectivity index (χ2v) is 10.6. The summed E-state index contributed by atoms with van der Waals surface area (Å²) in [6, 6.07) is 26.6. The van der Waals surface area contributed by atoms with Gasteiger partial charge in [0, 0.05) is 29.6 Å². The molecule has 0 saturated carbocycles. The summed E-state index contributed by atoms with van der Waals surface area (Å²) >= 11 is 1.43. The van der Waals surface area contributed by atoms with Crippen molar-refractivity contribution in [3.63, 3.8) is 0 Å². The van der Waals surface area contributed by atoms with Crippen LogP contribution in [0.25, 0.3) is 6.08 Å². The normalized spacial score (nSPS) is 20.3. The minimum Gasteiger partial charge on any atom is -0.369 e. The molecule has 0 spiro atoms. The molecule has 0 radical (unpaired) electrons. The van der Waals surface area contributed by atoms with Crippen LogP contribution >= 0.6 is 11.8 Å². The van der Waals surface area contributed by atoms with Crippen LogP contribution in [0.1, 0.15) is 44.2 Å². The summed E-state index contributed by atoms with van der Waals surface area (Å²) in [7, 11) is 2.17. The predicted octanol–water partition coefficient (Wildman–Crippen LogP) is 7.22. The van der Waals surface area contributed by atoms with E-state index < -0.39 is 0 Å². The lowest BCUT2D eigenvalue weighted by atomic mass is 9.80. The molecular formula is C29H29N3OS. The quantitative estimate of drug-likeness (QED) is 0.381. The van der Waals surface area contributed by atoms with E-state index in [0.717, 1.165) is 23.4 Å². The molecule has 0 saturated heterocycles. The van der Waals surface area contributed by atoms with E-state index in [1.165, 1.54) is 23.0 Å². The van der Waals surface area contributed by atoms with E-state index in [0.29, 0.717) is 16.0 Å². The number of amides is 1. The van der Waals surface area contributed by atoms with Crippen LogP contribution in [0, 0.1) is 0 Å². The molecule has 5 rings (SSSR count). The second kappa shape index (κ2) is 8.80. The highest BCUT2D eigenvalue weighted by Gasteiger charge is 2.34. The molecule has 1 amide bonds. The smallest absolute Gasteiger partial charge is 0.286 e. The van der Waals surface area contributed by atoms with E-state index >= 15 is 0 Å². The summed E-state index contributed by atoms with van der Waals surface area (Å²) in [5.74, 6) is 0.269. The van der Waals surface area contributed by atoms with Crippen LogP contribution < -0.4 is 9.80 Å². The maximum Gasteiger partial charge on any atom is 0.286 e. The van der Waals surface area contributed by atoms with Gasteiger partial charge in [-0.3, -0.25) is 9.69 Å². The molecule has 0 N–H and O–H groups in total. The largest absolute Gasteiger partial charge is 0.369 e. The number of fused-ring (bicyclic) bond motifs is 1. The number of benzene rings is 3. The molecule has 3 aromatic rings. The highest BCUT2D eigenvalue weighted by atomic mass is 32.2. The Morgan fingerprint density at radius 3 is 2.24 bits per heavy atom. The lowest BCUT2D eigenvalue weighted by Crippen LogP contribution is -2.45. The van der Waals surface area contributed by atoms with Crippen molar-refractivity contribution in [2.45, 2.75) is 38.6 Å². The zero-order chi connectivity index (χ0) is 23.9. The minimum absolute atomic E-state index is 0.130. The van der Waals surface area contributed by atoms with Crippen molar-refractivity contribution in [3.8, 4) is 0 Å². The molecule has 0 aromatic heterocycles. The van der Waals surface area contributed by atoms with Crippen LogP contribution in [-0.2, 0) is 4.79 Å². The standard InChI is InChI=1S/C29H29N3OS/c1-20-19-29(2,3)31(4)25-16-15-21(17-24(20)25)18-26-27(33)30-28(34-26)32(22-11-7-5-8-12-22)23-13-9-6-10-14-23/h5-18,20H,19H2,1-4H3. The summed E-state index contributed by atoms with van der Waals surface area (Å²) in [6.07, 6.45) is 3.07. The van der Waals surface area contributed by atoms with Gasteiger partial charge in [0.1, 0.15) is 0 Å². The maximum absolute atomic E-state index is 12.9. The van der Waals surface area contributed by atoms with Gasteiger partial charge in [-0.05, 0) is 91.5 Å². The lowest BCUT2D eigenvalue weighted by Gasteiger charge is -2.45. The summed E-state index contributed by atoms with van der Waals surface area (Å²) in [6.45, 7) is 6.87. The third-order valence-electron chi connectivity index (χ3n) is 6.78. The van der Waals surface area contributed by atoms with Crippen molar-refractivity contribution in [1.82, 2.24) is 0 Å². The predicted molar refractivity (Wildman–Crippen MR) is 145 cm³/mol. The minimum atomic E-state index is -0.194. The van der Waals surface area contributed by atoms with E-state index in [-0.39, 0.29) is 11.4 Å². The summed E-state index contributed by atoms with van der Waals surface area (Å²) in [5.41, 5.74) is 5.72. The number of thioether (sulfide) groups is 1. The number of nitrogens with zero attached hydrogens (tertiary/aromatic N) is 3. The van der Waals surface area contributed by atoms with Gasteiger partial charge in [0.25, 0.3) is 5.91 Å². The van der Waals surface area contributed by atoms with Gasteiger partial charge < -0.3 is 4.90 Å². The zero-order valence-corrected chi connectivity index (χ0v) is 20.8. The number of carbonyl (C=O) groups is 1. The van der Waals surface area contributed by atoms with Gasteiger partial charge in [-0.2, -0.15) is 4.99 Å². The molecular weight excluding hydrogens is 438 g/mol. The highest BCUT2D eigenvalue weighted by Crippen LogP contribution is 2.43. The Morgan fingerprint density at radius 2 is 1.62 bits per heavy atom. The van der Waals surface area contributed by atoms with Crippen LogP contribution in [0.5, 0.6) is 0 Å². The first-order chi connectivity index (χ1) is 16.3. The number of carbonyl (C=O) groups excluding carboxylic acids is 1. The van der Waals surface area contributed by atoms with Crippen molar-refractivity contribution >= 4 is 46.0 Å². The number of rotatable bonds is 3. The van der Waals surface area contributed by atoms with Gasteiger partial charge in [-0.15, -0.1) is 0 Å². The zero-order valence-electron chi connectivity index (χ0n) is 20.0. The van der Waals surface area contributed by atoms with E-state index in [4.69, 9.17) is 0 Å². The molecule has 2 aliphatic rings. The van der Waals surface area contributed by atoms with Gasteiger partial charge in [0.05, 0.1) is 4.91 Å². The molecule has 0 bridgehead atoms. The van der Waals surface area contributed by atoms with Crippen LogP contribution in [0.15, 0.2) is 88.8 Å². The molecule has 1 unspecified atom stereocenters. The maximum atomic E-state index is 12.9. The molecule has 1 atom stereocenters. The monoisotopic (exact) mass is 467 g/mol. The molecule has 5 heteroatoms. The third kappa shape index (κ3) is 4.16. The molecule has 2 aliphatic heterocycles. The van der Waals surface area contributed by atoms with Gasteiger partial charge in [0.2, 0.25) is 0 Å². The SMILES string of the molecule is CC1CC(C)(C)N(C)c2ccc(C=C3SC(N(c4ccccc4)c4ccccc4)=NC3=O)cc21. The molecule has 0 aliphatic carbocycles. The average molecular weight is 468 g/mol. The fourth-order valence-corrected chi connectivity index (χ4v) is 5.81. The first-order valence-electron chi connectivity index (χ1n) is 11.6. The molecule has 2 heterocycles. The van der Waals surface area contributed by atoms with E-state index in [2.05, 4.69) is 55.9 Å². The first kappa shape index (κ1) is 22.5.